The van der Waals surface area contributed by atoms with E-state index >= 15 is 0 Å². The third-order valence-corrected chi connectivity index (χ3v) is 5.25. The number of aliphatic carboxylic acids is 1. The molecule has 2 N–H and O–H groups in total. The summed E-state index contributed by atoms with van der Waals surface area (Å²) in [7, 11) is 0. The summed E-state index contributed by atoms with van der Waals surface area (Å²) in [5.74, 6) is -0.934. The number of hydrogen-bond acceptors (Lipinski definition) is 3. The predicted molar refractivity (Wildman–Crippen MR) is 91.9 cm³/mol. The van der Waals surface area contributed by atoms with Crippen LogP contribution in [0.25, 0.3) is 0 Å². The lowest BCUT2D eigenvalue weighted by Crippen LogP contribution is -2.43. The number of carbonyl (C=O) groups excluding carboxylic acids is 1. The van der Waals surface area contributed by atoms with Gasteiger partial charge >= 0.3 is 5.97 Å². The summed E-state index contributed by atoms with van der Waals surface area (Å²) in [6.07, 6.45) is 6.25. The van der Waals surface area contributed by atoms with Gasteiger partial charge in [0.15, 0.2) is 0 Å². The van der Waals surface area contributed by atoms with E-state index in [-0.39, 0.29) is 18.5 Å². The molecule has 1 heterocycles. The van der Waals surface area contributed by atoms with Crippen molar-refractivity contribution in [3.05, 3.63) is 34.9 Å². The molecule has 1 saturated heterocycles. The van der Waals surface area contributed by atoms with E-state index < -0.39 is 12.0 Å². The van der Waals surface area contributed by atoms with Crippen molar-refractivity contribution >= 4 is 11.9 Å². The molecule has 5 nitrogen and oxygen atoms in total. The van der Waals surface area contributed by atoms with Crippen LogP contribution in [0.5, 0.6) is 0 Å². The second kappa shape index (κ2) is 7.34. The molecule has 1 aliphatic carbocycles. The molecule has 130 valence electrons. The van der Waals surface area contributed by atoms with Gasteiger partial charge < -0.3 is 10.4 Å². The number of fused-ring (bicyclic) bond motifs is 1. The number of nitrogens with zero attached hydrogens (tertiary/aromatic N) is 1. The zero-order valence-electron chi connectivity index (χ0n) is 14.3. The van der Waals surface area contributed by atoms with Crippen LogP contribution >= 0.6 is 0 Å². The molecule has 1 aromatic rings. The number of likely N-dealkylation sites (tertiary alicyclic amines) is 1. The minimum Gasteiger partial charge on any atom is -0.480 e. The normalized spacial score (nSPS) is 22.0. The Labute approximate surface area is 143 Å². The number of amides is 1. The van der Waals surface area contributed by atoms with Gasteiger partial charge in [0.2, 0.25) is 5.91 Å². The van der Waals surface area contributed by atoms with Crippen molar-refractivity contribution in [2.45, 2.75) is 57.5 Å². The topological polar surface area (TPSA) is 69.6 Å². The number of nitrogens with one attached hydrogen (secondary N) is 1. The number of hydrogen-bond donors (Lipinski definition) is 2. The van der Waals surface area contributed by atoms with Crippen molar-refractivity contribution < 1.29 is 14.7 Å². The quantitative estimate of drug-likeness (QED) is 0.869. The van der Waals surface area contributed by atoms with E-state index in [9.17, 15) is 14.7 Å². The number of rotatable bonds is 5. The van der Waals surface area contributed by atoms with Gasteiger partial charge in [0.25, 0.3) is 0 Å². The van der Waals surface area contributed by atoms with Gasteiger partial charge in [-0.2, -0.15) is 0 Å². The minimum atomic E-state index is -0.831. The number of carbonyl (C=O) groups is 2. The van der Waals surface area contributed by atoms with Crippen LogP contribution in [0.15, 0.2) is 18.2 Å². The molecule has 1 amide bonds. The third kappa shape index (κ3) is 3.78. The molecule has 0 saturated carbocycles. The van der Waals surface area contributed by atoms with Crippen molar-refractivity contribution in [1.82, 2.24) is 10.2 Å². The van der Waals surface area contributed by atoms with Gasteiger partial charge in [-0.05, 0) is 68.7 Å². The fourth-order valence-electron chi connectivity index (χ4n) is 3.87. The second-order valence-corrected chi connectivity index (χ2v) is 6.99. The van der Waals surface area contributed by atoms with Crippen LogP contribution in [-0.2, 0) is 22.4 Å². The average molecular weight is 330 g/mol. The highest BCUT2D eigenvalue weighted by Gasteiger charge is 2.31. The number of benzene rings is 1. The van der Waals surface area contributed by atoms with Gasteiger partial charge in [-0.1, -0.05) is 18.2 Å². The Hall–Kier alpha value is -1.88. The Bertz CT molecular complexity index is 629. The first-order chi connectivity index (χ1) is 11.5. The molecule has 24 heavy (non-hydrogen) atoms. The zero-order chi connectivity index (χ0) is 17.1. The number of carboxylic acids is 1. The molecule has 2 aliphatic rings. The molecule has 1 fully saturated rings. The Kier molecular flexibility index (Phi) is 5.19. The maximum absolute atomic E-state index is 12.3. The molecule has 2 unspecified atom stereocenters. The van der Waals surface area contributed by atoms with E-state index in [2.05, 4.69) is 23.5 Å². The average Bonchev–Trinajstić information content (AvgIpc) is 3.02. The van der Waals surface area contributed by atoms with Gasteiger partial charge in [0.05, 0.1) is 12.6 Å². The first-order valence-corrected chi connectivity index (χ1v) is 8.92. The molecule has 0 spiro atoms. The molecular formula is C19H26N2O3. The Morgan fingerprint density at radius 2 is 2.00 bits per heavy atom. The largest absolute Gasteiger partial charge is 0.480 e. The summed E-state index contributed by atoms with van der Waals surface area (Å²) in [5.41, 5.74) is 3.97. The highest BCUT2D eigenvalue weighted by Crippen LogP contribution is 2.25. The summed E-state index contributed by atoms with van der Waals surface area (Å²) in [5, 5.41) is 12.2. The molecule has 0 bridgehead atoms. The minimum absolute atomic E-state index is 0.0596. The van der Waals surface area contributed by atoms with E-state index in [0.717, 1.165) is 24.8 Å². The van der Waals surface area contributed by atoms with Crippen molar-refractivity contribution in [3.63, 3.8) is 0 Å². The van der Waals surface area contributed by atoms with Crippen LogP contribution in [-0.4, -0.2) is 41.0 Å². The van der Waals surface area contributed by atoms with Crippen molar-refractivity contribution in [3.8, 4) is 0 Å². The monoisotopic (exact) mass is 330 g/mol. The second-order valence-electron chi connectivity index (χ2n) is 6.99. The molecule has 1 aromatic carbocycles. The van der Waals surface area contributed by atoms with Crippen molar-refractivity contribution in [1.29, 1.82) is 0 Å². The number of aryl methyl sites for hydroxylation is 2. The molecule has 3 rings (SSSR count). The van der Waals surface area contributed by atoms with Gasteiger partial charge in [0.1, 0.15) is 6.04 Å². The highest BCUT2D eigenvalue weighted by molar-refractivity contribution is 5.80. The first kappa shape index (κ1) is 17.0. The smallest absolute Gasteiger partial charge is 0.320 e. The Balaban J connectivity index is 1.59. The Morgan fingerprint density at radius 1 is 1.25 bits per heavy atom. The van der Waals surface area contributed by atoms with Gasteiger partial charge in [-0.25, -0.2) is 0 Å². The van der Waals surface area contributed by atoms with E-state index in [1.54, 1.807) is 4.90 Å². The standard InChI is InChI=1S/C19H26N2O3/c1-13(15-9-8-14-5-2-3-6-16(14)11-15)20-18(22)12-21-10-4-7-17(21)19(23)24/h8-9,11,13,17H,2-7,10,12H2,1H3,(H,20,22)(H,23,24). The van der Waals surface area contributed by atoms with Crippen LogP contribution in [0.4, 0.5) is 0 Å². The fourth-order valence-corrected chi connectivity index (χ4v) is 3.87. The summed E-state index contributed by atoms with van der Waals surface area (Å²) >= 11 is 0. The SMILES string of the molecule is CC(NC(=O)CN1CCCC1C(=O)O)c1ccc2c(c1)CCCC2. The van der Waals surface area contributed by atoms with Crippen molar-refractivity contribution in [2.24, 2.45) is 0 Å². The maximum atomic E-state index is 12.3. The van der Waals surface area contributed by atoms with Gasteiger partial charge in [0, 0.05) is 0 Å². The molecular weight excluding hydrogens is 304 g/mol. The maximum Gasteiger partial charge on any atom is 0.320 e. The summed E-state index contributed by atoms with van der Waals surface area (Å²) in [6.45, 7) is 2.82. The Morgan fingerprint density at radius 3 is 2.75 bits per heavy atom. The predicted octanol–water partition coefficient (Wildman–Crippen LogP) is 2.29. The fraction of sp³-hybridized carbons (Fsp3) is 0.579. The number of carboxylic acid groups (broad SMARTS) is 1. The summed E-state index contributed by atoms with van der Waals surface area (Å²) in [6, 6.07) is 5.93. The summed E-state index contributed by atoms with van der Waals surface area (Å²) < 4.78 is 0. The molecule has 5 heteroatoms. The third-order valence-electron chi connectivity index (χ3n) is 5.25. The van der Waals surface area contributed by atoms with Gasteiger partial charge in [-0.3, -0.25) is 14.5 Å². The van der Waals surface area contributed by atoms with E-state index in [4.69, 9.17) is 0 Å². The highest BCUT2D eigenvalue weighted by atomic mass is 16.4. The lowest BCUT2D eigenvalue weighted by molar-refractivity contribution is -0.142. The van der Waals surface area contributed by atoms with E-state index in [1.165, 1.54) is 24.0 Å². The van der Waals surface area contributed by atoms with Crippen LogP contribution in [0.3, 0.4) is 0 Å². The molecule has 0 aromatic heterocycles. The van der Waals surface area contributed by atoms with E-state index in [0.29, 0.717) is 13.0 Å². The van der Waals surface area contributed by atoms with Crippen LogP contribution in [0.1, 0.15) is 55.3 Å². The van der Waals surface area contributed by atoms with Crippen molar-refractivity contribution in [2.75, 3.05) is 13.1 Å². The first-order valence-electron chi connectivity index (χ1n) is 8.92. The lowest BCUT2D eigenvalue weighted by atomic mass is 9.89. The molecule has 0 radical (unpaired) electrons. The van der Waals surface area contributed by atoms with E-state index in [1.807, 2.05) is 6.92 Å². The zero-order valence-corrected chi connectivity index (χ0v) is 14.3. The molecule has 2 atom stereocenters. The van der Waals surface area contributed by atoms with Crippen LogP contribution < -0.4 is 5.32 Å². The van der Waals surface area contributed by atoms with Crippen LogP contribution in [0, 0.1) is 0 Å². The summed E-state index contributed by atoms with van der Waals surface area (Å²) in [4.78, 5) is 25.3. The van der Waals surface area contributed by atoms with Crippen LogP contribution in [0.2, 0.25) is 0 Å². The molecule has 1 aliphatic heterocycles. The van der Waals surface area contributed by atoms with Gasteiger partial charge in [-0.15, -0.1) is 0 Å². The lowest BCUT2D eigenvalue weighted by Gasteiger charge is -2.23.